The fraction of sp³-hybridized carbons (Fsp3) is 0.381. The third-order valence-electron chi connectivity index (χ3n) is 5.63. The molecule has 1 spiro atoms. The van der Waals surface area contributed by atoms with Crippen LogP contribution in [0.2, 0.25) is 0 Å². The van der Waals surface area contributed by atoms with Crippen molar-refractivity contribution in [1.82, 2.24) is 4.90 Å². The number of aliphatic hydroxyl groups excluding tert-OH is 1. The summed E-state index contributed by atoms with van der Waals surface area (Å²) >= 11 is 0. The molecule has 2 aliphatic heterocycles. The number of methoxy groups -OCH3 is 1. The molecule has 0 saturated carbocycles. The van der Waals surface area contributed by atoms with Crippen LogP contribution < -0.4 is 10.1 Å². The first-order valence-electron chi connectivity index (χ1n) is 9.37. The summed E-state index contributed by atoms with van der Waals surface area (Å²) in [4.78, 5) is 14.2. The lowest BCUT2D eigenvalue weighted by atomic mass is 9.82. The zero-order valence-electron chi connectivity index (χ0n) is 15.7. The number of likely N-dealkylation sites (tertiary alicyclic amines) is 1. The van der Waals surface area contributed by atoms with E-state index in [0.717, 1.165) is 11.3 Å². The van der Waals surface area contributed by atoms with Gasteiger partial charge in [0, 0.05) is 38.0 Å². The van der Waals surface area contributed by atoms with Crippen LogP contribution in [0.4, 0.5) is 10.5 Å². The lowest BCUT2D eigenvalue weighted by Crippen LogP contribution is -2.49. The smallest absolute Gasteiger partial charge is 0.412 e. The molecule has 1 atom stereocenters. The van der Waals surface area contributed by atoms with Gasteiger partial charge in [-0.1, -0.05) is 24.3 Å². The fourth-order valence-corrected chi connectivity index (χ4v) is 4.09. The van der Waals surface area contributed by atoms with E-state index < -0.39 is 17.8 Å². The third-order valence-corrected chi connectivity index (χ3v) is 5.63. The van der Waals surface area contributed by atoms with Gasteiger partial charge in [-0.25, -0.2) is 4.79 Å². The molecule has 1 fully saturated rings. The predicted octanol–water partition coefficient (Wildman–Crippen LogP) is 2.99. The van der Waals surface area contributed by atoms with Gasteiger partial charge in [-0.15, -0.1) is 0 Å². The van der Waals surface area contributed by atoms with Gasteiger partial charge < -0.3 is 24.6 Å². The Balaban J connectivity index is 1.43. The van der Waals surface area contributed by atoms with E-state index in [2.05, 4.69) is 10.2 Å². The number of nitrogens with one attached hydrogen (secondary N) is 1. The lowest BCUT2D eigenvalue weighted by molar-refractivity contribution is -0.0445. The molecular formula is C21H24N2O5. The molecule has 0 bridgehead atoms. The quantitative estimate of drug-likeness (QED) is 0.751. The van der Waals surface area contributed by atoms with E-state index in [1.165, 1.54) is 13.2 Å². The number of carbonyl (C=O) groups excluding carboxylic acids is 1. The number of carbonyl (C=O) groups is 1. The monoisotopic (exact) mass is 384 g/mol. The Morgan fingerprint density at radius 1 is 1.25 bits per heavy atom. The molecular weight excluding hydrogens is 360 g/mol. The highest BCUT2D eigenvalue weighted by molar-refractivity contribution is 5.88. The first-order valence-corrected chi connectivity index (χ1v) is 9.37. The van der Waals surface area contributed by atoms with Gasteiger partial charge in [-0.05, 0) is 23.8 Å². The minimum Gasteiger partial charge on any atom is -0.504 e. The summed E-state index contributed by atoms with van der Waals surface area (Å²) in [5.41, 5.74) is 1.84. The number of aliphatic hydroxyl groups is 1. The minimum absolute atomic E-state index is 0.00914. The predicted molar refractivity (Wildman–Crippen MR) is 104 cm³/mol. The standard InChI is InChI=1S/C21H24N2O5/c1-27-19-7-6-14(12-17(19)24)18(25)13-23-10-8-21(9-11-23)15-4-2-3-5-16(15)22-20(26)28-21/h2-7,12,18,24-25H,8-11,13H2,1H3,(H,22,26). The highest BCUT2D eigenvalue weighted by atomic mass is 16.6. The molecule has 0 aliphatic carbocycles. The number of ether oxygens (including phenoxy) is 2. The normalized spacial score (nSPS) is 19.4. The molecule has 1 unspecified atom stereocenters. The molecule has 1 saturated heterocycles. The van der Waals surface area contributed by atoms with Gasteiger partial charge in [0.1, 0.15) is 5.60 Å². The summed E-state index contributed by atoms with van der Waals surface area (Å²) in [6, 6.07) is 12.7. The van der Waals surface area contributed by atoms with Crippen molar-refractivity contribution >= 4 is 11.8 Å². The van der Waals surface area contributed by atoms with Crippen LogP contribution >= 0.6 is 0 Å². The lowest BCUT2D eigenvalue weighted by Gasteiger charge is -2.44. The second-order valence-corrected chi connectivity index (χ2v) is 7.30. The molecule has 4 rings (SSSR count). The maximum atomic E-state index is 12.0. The number of piperidine rings is 1. The van der Waals surface area contributed by atoms with Crippen molar-refractivity contribution in [3.05, 3.63) is 53.6 Å². The Kier molecular flexibility index (Phi) is 4.87. The minimum atomic E-state index is -0.728. The molecule has 1 amide bonds. The molecule has 0 aromatic heterocycles. The molecule has 2 aromatic rings. The van der Waals surface area contributed by atoms with Crippen molar-refractivity contribution in [2.45, 2.75) is 24.5 Å². The average Bonchev–Trinajstić information content (AvgIpc) is 2.69. The first kappa shape index (κ1) is 18.6. The zero-order chi connectivity index (χ0) is 19.7. The highest BCUT2D eigenvalue weighted by Gasteiger charge is 2.44. The number of para-hydroxylation sites is 1. The van der Waals surface area contributed by atoms with Crippen molar-refractivity contribution in [3.63, 3.8) is 0 Å². The van der Waals surface area contributed by atoms with Gasteiger partial charge in [0.25, 0.3) is 0 Å². The number of fused-ring (bicyclic) bond motifs is 2. The number of amides is 1. The molecule has 7 nitrogen and oxygen atoms in total. The van der Waals surface area contributed by atoms with Crippen LogP contribution in [0, 0.1) is 0 Å². The Morgan fingerprint density at radius 3 is 2.71 bits per heavy atom. The fourth-order valence-electron chi connectivity index (χ4n) is 4.09. The first-order chi connectivity index (χ1) is 13.5. The maximum Gasteiger partial charge on any atom is 0.412 e. The number of β-amino-alcohol motifs (C(OH)–C–C–N with tert-alkyl or cyclic N) is 1. The molecule has 28 heavy (non-hydrogen) atoms. The molecule has 7 heteroatoms. The maximum absolute atomic E-state index is 12.0. The molecule has 3 N–H and O–H groups in total. The molecule has 2 heterocycles. The van der Waals surface area contributed by atoms with E-state index in [9.17, 15) is 15.0 Å². The second-order valence-electron chi connectivity index (χ2n) is 7.30. The van der Waals surface area contributed by atoms with E-state index in [1.54, 1.807) is 12.1 Å². The van der Waals surface area contributed by atoms with Gasteiger partial charge in [0.2, 0.25) is 0 Å². The van der Waals surface area contributed by atoms with Crippen LogP contribution in [0.25, 0.3) is 0 Å². The Morgan fingerprint density at radius 2 is 2.00 bits per heavy atom. The molecule has 2 aliphatic rings. The van der Waals surface area contributed by atoms with Gasteiger partial charge in [0.05, 0.1) is 18.9 Å². The SMILES string of the molecule is COc1ccc(C(O)CN2CCC3(CC2)OC(=O)Nc2ccccc23)cc1O. The number of phenolic OH excluding ortho intramolecular Hbond substituents is 1. The van der Waals surface area contributed by atoms with Gasteiger partial charge in [0.15, 0.2) is 11.5 Å². The van der Waals surface area contributed by atoms with Crippen LogP contribution in [-0.2, 0) is 10.3 Å². The third kappa shape index (κ3) is 3.39. The van der Waals surface area contributed by atoms with Crippen molar-refractivity contribution in [2.75, 3.05) is 32.1 Å². The number of hydrogen-bond donors (Lipinski definition) is 3. The van der Waals surface area contributed by atoms with E-state index >= 15 is 0 Å². The van der Waals surface area contributed by atoms with E-state index in [1.807, 2.05) is 24.3 Å². The van der Waals surface area contributed by atoms with Crippen LogP contribution in [0.1, 0.15) is 30.1 Å². The van der Waals surface area contributed by atoms with Crippen molar-refractivity contribution in [2.24, 2.45) is 0 Å². The topological polar surface area (TPSA) is 91.3 Å². The Labute approximate surface area is 163 Å². The van der Waals surface area contributed by atoms with Crippen LogP contribution in [-0.4, -0.2) is 48.0 Å². The summed E-state index contributed by atoms with van der Waals surface area (Å²) in [5, 5.41) is 23.3. The summed E-state index contributed by atoms with van der Waals surface area (Å²) in [6.07, 6.45) is 0.186. The molecule has 2 aromatic carbocycles. The summed E-state index contributed by atoms with van der Waals surface area (Å²) in [5.74, 6) is 0.386. The molecule has 148 valence electrons. The van der Waals surface area contributed by atoms with E-state index in [-0.39, 0.29) is 5.75 Å². The van der Waals surface area contributed by atoms with Crippen LogP contribution in [0.5, 0.6) is 11.5 Å². The van der Waals surface area contributed by atoms with Gasteiger partial charge >= 0.3 is 6.09 Å². The van der Waals surface area contributed by atoms with Crippen molar-refractivity contribution < 1.29 is 24.5 Å². The average molecular weight is 384 g/mol. The van der Waals surface area contributed by atoms with Gasteiger partial charge in [-0.3, -0.25) is 5.32 Å². The summed E-state index contributed by atoms with van der Waals surface area (Å²) < 4.78 is 10.8. The van der Waals surface area contributed by atoms with Crippen molar-refractivity contribution in [3.8, 4) is 11.5 Å². The number of anilines is 1. The van der Waals surface area contributed by atoms with Crippen LogP contribution in [0.15, 0.2) is 42.5 Å². The number of nitrogens with zero attached hydrogens (tertiary/aromatic N) is 1. The summed E-state index contributed by atoms with van der Waals surface area (Å²) in [7, 11) is 1.49. The zero-order valence-corrected chi connectivity index (χ0v) is 15.7. The summed E-state index contributed by atoms with van der Waals surface area (Å²) in [6.45, 7) is 1.83. The Hall–Kier alpha value is -2.77. The van der Waals surface area contributed by atoms with E-state index in [4.69, 9.17) is 9.47 Å². The number of aromatic hydroxyl groups is 1. The van der Waals surface area contributed by atoms with E-state index in [0.29, 0.717) is 43.8 Å². The Bertz CT molecular complexity index is 877. The second kappa shape index (κ2) is 7.33. The van der Waals surface area contributed by atoms with Crippen molar-refractivity contribution in [1.29, 1.82) is 0 Å². The number of hydrogen-bond acceptors (Lipinski definition) is 6. The number of phenols is 1. The molecule has 0 radical (unpaired) electrons. The number of rotatable bonds is 4. The highest BCUT2D eigenvalue weighted by Crippen LogP contribution is 2.43. The van der Waals surface area contributed by atoms with Crippen LogP contribution in [0.3, 0.4) is 0 Å². The van der Waals surface area contributed by atoms with Gasteiger partial charge in [-0.2, -0.15) is 0 Å². The number of benzene rings is 2. The largest absolute Gasteiger partial charge is 0.504 e.